The molecule has 1 aromatic heterocycles. The van der Waals surface area contributed by atoms with Gasteiger partial charge < -0.3 is 10.4 Å². The Labute approximate surface area is 160 Å². The number of terminal acetylenes is 1. The summed E-state index contributed by atoms with van der Waals surface area (Å²) in [4.78, 5) is 16.3. The summed E-state index contributed by atoms with van der Waals surface area (Å²) in [6.45, 7) is 5.29. The van der Waals surface area contributed by atoms with Crippen molar-refractivity contribution in [2.24, 2.45) is 0 Å². The largest absolute Gasteiger partial charge is 0.389 e. The number of amides is 2. The number of aliphatic hydroxyl groups is 1. The number of halogens is 1. The van der Waals surface area contributed by atoms with Gasteiger partial charge >= 0.3 is 6.03 Å². The number of nitrogens with zero attached hydrogens (tertiary/aromatic N) is 1. The summed E-state index contributed by atoms with van der Waals surface area (Å²) >= 11 is 4.71. The van der Waals surface area contributed by atoms with Gasteiger partial charge in [-0.1, -0.05) is 34.0 Å². The number of anilines is 1. The van der Waals surface area contributed by atoms with Crippen molar-refractivity contribution < 1.29 is 9.90 Å². The number of hydrogen-bond acceptors (Lipinski definition) is 4. The first-order valence-electron chi connectivity index (χ1n) is 7.61. The number of aromatic nitrogens is 1. The van der Waals surface area contributed by atoms with Crippen LogP contribution in [0, 0.1) is 12.3 Å². The highest BCUT2D eigenvalue weighted by molar-refractivity contribution is 9.10. The Hall–Kier alpha value is -1.88. The zero-order valence-corrected chi connectivity index (χ0v) is 16.7. The maximum Gasteiger partial charge on any atom is 0.321 e. The number of hydrogen-bond donors (Lipinski definition) is 3. The van der Waals surface area contributed by atoms with E-state index >= 15 is 0 Å². The summed E-state index contributed by atoms with van der Waals surface area (Å²) in [6.07, 6.45) is 5.79. The molecule has 0 saturated carbocycles. The first kappa shape index (κ1) is 19.4. The first-order valence-corrected chi connectivity index (χ1v) is 9.28. The number of thiazole rings is 1. The normalized spacial score (nSPS) is 13.6. The van der Waals surface area contributed by atoms with Crippen molar-refractivity contribution in [2.45, 2.75) is 31.8 Å². The molecule has 5 nitrogen and oxygen atoms in total. The van der Waals surface area contributed by atoms with Crippen molar-refractivity contribution in [3.63, 3.8) is 0 Å². The maximum atomic E-state index is 11.9. The molecule has 0 spiro atoms. The highest BCUT2D eigenvalue weighted by Gasteiger charge is 2.29. The van der Waals surface area contributed by atoms with E-state index in [1.807, 2.05) is 36.6 Å². The van der Waals surface area contributed by atoms with Gasteiger partial charge in [0.2, 0.25) is 0 Å². The monoisotopic (exact) mass is 421 g/mol. The van der Waals surface area contributed by atoms with Crippen LogP contribution < -0.4 is 10.6 Å². The highest BCUT2D eigenvalue weighted by Crippen LogP contribution is 2.33. The third kappa shape index (κ3) is 5.05. The predicted octanol–water partition coefficient (Wildman–Crippen LogP) is 3.74. The van der Waals surface area contributed by atoms with Gasteiger partial charge in [0.05, 0.1) is 16.7 Å². The topological polar surface area (TPSA) is 74.2 Å². The summed E-state index contributed by atoms with van der Waals surface area (Å²) in [7, 11) is 0. The summed E-state index contributed by atoms with van der Waals surface area (Å²) in [5, 5.41) is 17.2. The molecule has 25 heavy (non-hydrogen) atoms. The number of urea groups is 1. The minimum absolute atomic E-state index is 0.137. The zero-order valence-electron chi connectivity index (χ0n) is 14.3. The predicted molar refractivity (Wildman–Crippen MR) is 105 cm³/mol. The van der Waals surface area contributed by atoms with Gasteiger partial charge in [-0.15, -0.1) is 17.8 Å². The Morgan fingerprint density at radius 2 is 2.00 bits per heavy atom. The van der Waals surface area contributed by atoms with Crippen molar-refractivity contribution in [2.75, 3.05) is 11.9 Å². The fourth-order valence-corrected chi connectivity index (χ4v) is 3.17. The van der Waals surface area contributed by atoms with E-state index in [9.17, 15) is 9.90 Å². The molecule has 132 valence electrons. The van der Waals surface area contributed by atoms with Gasteiger partial charge in [-0.2, -0.15) is 0 Å². The van der Waals surface area contributed by atoms with E-state index in [-0.39, 0.29) is 6.54 Å². The molecule has 2 aromatic rings. The lowest BCUT2D eigenvalue weighted by Crippen LogP contribution is -2.40. The molecular weight excluding hydrogens is 402 g/mol. The third-order valence-electron chi connectivity index (χ3n) is 3.63. The average Bonchev–Trinajstić information content (AvgIpc) is 3.01. The van der Waals surface area contributed by atoms with E-state index < -0.39 is 17.0 Å². The van der Waals surface area contributed by atoms with Gasteiger partial charge in [-0.25, -0.2) is 9.78 Å². The lowest BCUT2D eigenvalue weighted by molar-refractivity contribution is 0.0826. The number of benzene rings is 1. The Morgan fingerprint density at radius 3 is 2.56 bits per heavy atom. The van der Waals surface area contributed by atoms with Crippen LogP contribution in [-0.4, -0.2) is 28.3 Å². The van der Waals surface area contributed by atoms with Gasteiger partial charge in [-0.3, -0.25) is 5.32 Å². The molecule has 2 amide bonds. The molecule has 1 aromatic carbocycles. The summed E-state index contributed by atoms with van der Waals surface area (Å²) in [5.41, 5.74) is -0.0305. The molecule has 0 aliphatic carbocycles. The van der Waals surface area contributed by atoms with Gasteiger partial charge in [0.1, 0.15) is 0 Å². The molecule has 0 saturated heterocycles. The zero-order chi connectivity index (χ0) is 18.7. The molecule has 0 aliphatic heterocycles. The van der Waals surface area contributed by atoms with E-state index in [1.165, 1.54) is 11.3 Å². The van der Waals surface area contributed by atoms with Crippen molar-refractivity contribution in [3.8, 4) is 12.3 Å². The number of carbonyl (C=O) groups is 1. The minimum atomic E-state index is -0.977. The highest BCUT2D eigenvalue weighted by atomic mass is 79.9. The van der Waals surface area contributed by atoms with E-state index in [2.05, 4.69) is 37.5 Å². The maximum absolute atomic E-state index is 11.9. The van der Waals surface area contributed by atoms with Crippen molar-refractivity contribution in [1.82, 2.24) is 10.3 Å². The Kier molecular flexibility index (Phi) is 5.88. The van der Waals surface area contributed by atoms with Crippen LogP contribution >= 0.6 is 27.3 Å². The molecule has 2 rings (SSSR count). The van der Waals surface area contributed by atoms with Gasteiger partial charge in [0, 0.05) is 16.4 Å². The molecule has 3 N–H and O–H groups in total. The van der Waals surface area contributed by atoms with Crippen LogP contribution in [0.25, 0.3) is 0 Å². The van der Waals surface area contributed by atoms with Gasteiger partial charge in [-0.05, 0) is 38.5 Å². The van der Waals surface area contributed by atoms with Crippen LogP contribution in [0.1, 0.15) is 32.0 Å². The number of carbonyl (C=O) groups excluding carboxylic acids is 1. The van der Waals surface area contributed by atoms with Gasteiger partial charge in [0.25, 0.3) is 0 Å². The fourth-order valence-electron chi connectivity index (χ4n) is 2.09. The van der Waals surface area contributed by atoms with Crippen molar-refractivity contribution in [1.29, 1.82) is 0 Å². The summed E-state index contributed by atoms with van der Waals surface area (Å²) in [5.74, 6) is 2.81. The second kappa shape index (κ2) is 7.56. The number of rotatable bonds is 5. The van der Waals surface area contributed by atoms with Crippen molar-refractivity contribution in [3.05, 3.63) is 45.4 Å². The quantitative estimate of drug-likeness (QED) is 0.643. The molecular formula is C18H20BrN3O2S. The van der Waals surface area contributed by atoms with E-state index in [1.54, 1.807) is 13.8 Å². The first-order chi connectivity index (χ1) is 11.6. The van der Waals surface area contributed by atoms with E-state index in [4.69, 9.17) is 6.42 Å². The molecule has 0 aliphatic rings. The van der Waals surface area contributed by atoms with E-state index in [0.717, 1.165) is 10.0 Å². The standard InChI is InChI=1S/C18H20BrN3O2S/c1-5-18(4,12-6-8-13(19)9-7-12)14-10-25-16(21-14)22-15(23)20-11-17(2,3)24/h1,6-10,24H,11H2,2-4H3,(H2,20,21,22,23). The second-order valence-electron chi connectivity index (χ2n) is 6.43. The van der Waals surface area contributed by atoms with Crippen LogP contribution in [0.4, 0.5) is 9.93 Å². The molecule has 1 atom stereocenters. The Morgan fingerprint density at radius 1 is 1.36 bits per heavy atom. The van der Waals surface area contributed by atoms with Gasteiger partial charge in [0.15, 0.2) is 5.13 Å². The van der Waals surface area contributed by atoms with Crippen LogP contribution in [0.2, 0.25) is 0 Å². The smallest absolute Gasteiger partial charge is 0.321 e. The lowest BCUT2D eigenvalue weighted by atomic mass is 9.81. The van der Waals surface area contributed by atoms with Crippen LogP contribution in [0.3, 0.4) is 0 Å². The van der Waals surface area contributed by atoms with Crippen LogP contribution in [-0.2, 0) is 5.41 Å². The lowest BCUT2D eigenvalue weighted by Gasteiger charge is -2.22. The molecule has 0 fully saturated rings. The minimum Gasteiger partial charge on any atom is -0.389 e. The molecule has 1 heterocycles. The second-order valence-corrected chi connectivity index (χ2v) is 8.21. The molecule has 0 bridgehead atoms. The van der Waals surface area contributed by atoms with Crippen LogP contribution in [0.5, 0.6) is 0 Å². The Balaban J connectivity index is 2.15. The van der Waals surface area contributed by atoms with Crippen LogP contribution in [0.15, 0.2) is 34.1 Å². The molecule has 0 radical (unpaired) electrons. The molecule has 7 heteroatoms. The average molecular weight is 422 g/mol. The SMILES string of the molecule is C#CC(C)(c1ccc(Br)cc1)c1csc(NC(=O)NCC(C)(C)O)n1. The molecule has 1 unspecified atom stereocenters. The summed E-state index contributed by atoms with van der Waals surface area (Å²) < 4.78 is 0.972. The fraction of sp³-hybridized carbons (Fsp3) is 0.333. The number of nitrogens with one attached hydrogen (secondary N) is 2. The Bertz CT molecular complexity index is 790. The summed E-state index contributed by atoms with van der Waals surface area (Å²) in [6, 6.07) is 7.34. The van der Waals surface area contributed by atoms with E-state index in [0.29, 0.717) is 10.8 Å². The van der Waals surface area contributed by atoms with Crippen molar-refractivity contribution >= 4 is 38.4 Å². The third-order valence-corrected chi connectivity index (χ3v) is 4.92.